The molecule has 0 heterocycles. The Labute approximate surface area is 50.0 Å². The van der Waals surface area contributed by atoms with Gasteiger partial charge in [-0.15, -0.1) is 6.58 Å². The highest BCUT2D eigenvalue weighted by Crippen LogP contribution is 2.03. The summed E-state index contributed by atoms with van der Waals surface area (Å²) >= 11 is 0. The second kappa shape index (κ2) is 2.84. The van der Waals surface area contributed by atoms with E-state index in [0.717, 1.165) is 0 Å². The van der Waals surface area contributed by atoms with Crippen LogP contribution >= 0.6 is 0 Å². The molecule has 0 saturated heterocycles. The lowest BCUT2D eigenvalue weighted by Crippen LogP contribution is -2.34. The predicted octanol–water partition coefficient (Wildman–Crippen LogP) is 0.272. The maximum Gasteiger partial charge on any atom is 0.0451 e. The van der Waals surface area contributed by atoms with Crippen molar-refractivity contribution in [3.8, 4) is 0 Å². The molecule has 0 aliphatic rings. The van der Waals surface area contributed by atoms with Crippen LogP contribution in [0.1, 0.15) is 13.3 Å². The summed E-state index contributed by atoms with van der Waals surface area (Å²) in [5.41, 5.74) is 5.15. The van der Waals surface area contributed by atoms with Crippen LogP contribution in [-0.4, -0.2) is 17.3 Å². The first-order chi connectivity index (χ1) is 3.62. The van der Waals surface area contributed by atoms with Crippen molar-refractivity contribution in [1.29, 1.82) is 0 Å². The van der Waals surface area contributed by atoms with Crippen molar-refractivity contribution >= 4 is 0 Å². The summed E-state index contributed by atoms with van der Waals surface area (Å²) in [4.78, 5) is 0. The molecule has 0 rings (SSSR count). The summed E-state index contributed by atoms with van der Waals surface area (Å²) in [6.07, 6.45) is 2.22. The average molecular weight is 115 g/mol. The van der Waals surface area contributed by atoms with Crippen molar-refractivity contribution in [3.05, 3.63) is 12.7 Å². The van der Waals surface area contributed by atoms with Gasteiger partial charge in [0.05, 0.1) is 0 Å². The lowest BCUT2D eigenvalue weighted by Gasteiger charge is -2.16. The summed E-state index contributed by atoms with van der Waals surface area (Å²) in [6, 6.07) is 0. The molecule has 0 saturated carbocycles. The standard InChI is InChI=1S/C6H13NO/c1-3-6(2,7)4-5-8/h3,8H,1,4-5,7H2,2H3/t6-/m1/s1. The van der Waals surface area contributed by atoms with Crippen molar-refractivity contribution in [2.24, 2.45) is 5.73 Å². The van der Waals surface area contributed by atoms with E-state index in [1.54, 1.807) is 6.08 Å². The molecule has 0 aliphatic heterocycles. The molecule has 0 bridgehead atoms. The number of aliphatic hydroxyl groups excluding tert-OH is 1. The highest BCUT2D eigenvalue weighted by Gasteiger charge is 2.10. The van der Waals surface area contributed by atoms with Crippen molar-refractivity contribution in [3.63, 3.8) is 0 Å². The van der Waals surface area contributed by atoms with Gasteiger partial charge in [0, 0.05) is 12.1 Å². The van der Waals surface area contributed by atoms with E-state index in [1.807, 2.05) is 6.92 Å². The second-order valence-electron chi connectivity index (χ2n) is 2.18. The molecule has 2 nitrogen and oxygen atoms in total. The highest BCUT2D eigenvalue weighted by atomic mass is 16.3. The van der Waals surface area contributed by atoms with Gasteiger partial charge in [-0.1, -0.05) is 6.08 Å². The number of hydrogen-bond donors (Lipinski definition) is 2. The quantitative estimate of drug-likeness (QED) is 0.519. The van der Waals surface area contributed by atoms with Crippen LogP contribution < -0.4 is 5.73 Å². The molecular weight excluding hydrogens is 102 g/mol. The summed E-state index contributed by atoms with van der Waals surface area (Å²) in [6.45, 7) is 5.47. The maximum absolute atomic E-state index is 8.41. The summed E-state index contributed by atoms with van der Waals surface area (Å²) in [5.74, 6) is 0. The number of nitrogens with two attached hydrogens (primary N) is 1. The van der Waals surface area contributed by atoms with Crippen molar-refractivity contribution in [2.75, 3.05) is 6.61 Å². The molecule has 0 aromatic rings. The van der Waals surface area contributed by atoms with Gasteiger partial charge in [0.1, 0.15) is 0 Å². The van der Waals surface area contributed by atoms with Crippen LogP contribution in [0.25, 0.3) is 0 Å². The molecule has 0 spiro atoms. The average Bonchev–Trinajstić information content (AvgIpc) is 1.67. The largest absolute Gasteiger partial charge is 0.396 e. The van der Waals surface area contributed by atoms with Crippen LogP contribution in [0.15, 0.2) is 12.7 Å². The lowest BCUT2D eigenvalue weighted by atomic mass is 10.0. The fourth-order valence-electron chi connectivity index (χ4n) is 0.343. The topological polar surface area (TPSA) is 46.2 Å². The molecule has 8 heavy (non-hydrogen) atoms. The number of aliphatic hydroxyl groups is 1. The molecule has 0 fully saturated rings. The third-order valence-electron chi connectivity index (χ3n) is 1.12. The molecule has 1 atom stereocenters. The van der Waals surface area contributed by atoms with Gasteiger partial charge in [-0.2, -0.15) is 0 Å². The van der Waals surface area contributed by atoms with Crippen molar-refractivity contribution < 1.29 is 5.11 Å². The first-order valence-electron chi connectivity index (χ1n) is 2.66. The van der Waals surface area contributed by atoms with Gasteiger partial charge in [-0.05, 0) is 13.3 Å². The highest BCUT2D eigenvalue weighted by molar-refractivity contribution is 4.95. The summed E-state index contributed by atoms with van der Waals surface area (Å²) in [5, 5.41) is 8.41. The second-order valence-corrected chi connectivity index (χ2v) is 2.18. The SMILES string of the molecule is C=C[C@@](C)(N)CCO. The Bertz CT molecular complexity index is 78.6. The van der Waals surface area contributed by atoms with E-state index in [0.29, 0.717) is 6.42 Å². The van der Waals surface area contributed by atoms with Gasteiger partial charge in [-0.25, -0.2) is 0 Å². The van der Waals surface area contributed by atoms with Crippen LogP contribution in [0, 0.1) is 0 Å². The smallest absolute Gasteiger partial charge is 0.0451 e. The molecular formula is C6H13NO. The fourth-order valence-corrected chi connectivity index (χ4v) is 0.343. The minimum absolute atomic E-state index is 0.124. The molecule has 0 aromatic carbocycles. The van der Waals surface area contributed by atoms with Gasteiger partial charge in [0.25, 0.3) is 0 Å². The van der Waals surface area contributed by atoms with E-state index >= 15 is 0 Å². The Kier molecular flexibility index (Phi) is 2.72. The van der Waals surface area contributed by atoms with E-state index < -0.39 is 5.54 Å². The Morgan fingerprint density at radius 1 is 1.88 bits per heavy atom. The van der Waals surface area contributed by atoms with Crippen molar-refractivity contribution in [2.45, 2.75) is 18.9 Å². The predicted molar refractivity (Wildman–Crippen MR) is 34.5 cm³/mol. The Balaban J connectivity index is 3.53. The Morgan fingerprint density at radius 2 is 2.38 bits per heavy atom. The first kappa shape index (κ1) is 7.66. The molecule has 0 radical (unpaired) electrons. The summed E-state index contributed by atoms with van der Waals surface area (Å²) < 4.78 is 0. The zero-order chi connectivity index (χ0) is 6.62. The van der Waals surface area contributed by atoms with Gasteiger partial charge in [-0.3, -0.25) is 0 Å². The molecule has 2 heteroatoms. The van der Waals surface area contributed by atoms with Crippen LogP contribution in [-0.2, 0) is 0 Å². The zero-order valence-corrected chi connectivity index (χ0v) is 5.22. The molecule has 3 N–H and O–H groups in total. The van der Waals surface area contributed by atoms with Gasteiger partial charge in [0.2, 0.25) is 0 Å². The van der Waals surface area contributed by atoms with E-state index in [-0.39, 0.29) is 6.61 Å². The third-order valence-corrected chi connectivity index (χ3v) is 1.12. The van der Waals surface area contributed by atoms with E-state index in [2.05, 4.69) is 6.58 Å². The zero-order valence-electron chi connectivity index (χ0n) is 5.22. The molecule has 0 aliphatic carbocycles. The third kappa shape index (κ3) is 2.77. The van der Waals surface area contributed by atoms with E-state index in [4.69, 9.17) is 10.8 Å². The minimum Gasteiger partial charge on any atom is -0.396 e. The maximum atomic E-state index is 8.41. The molecule has 0 unspecified atom stereocenters. The van der Waals surface area contributed by atoms with Gasteiger partial charge in [0.15, 0.2) is 0 Å². The number of hydrogen-bond acceptors (Lipinski definition) is 2. The Morgan fingerprint density at radius 3 is 2.50 bits per heavy atom. The lowest BCUT2D eigenvalue weighted by molar-refractivity contribution is 0.263. The first-order valence-corrected chi connectivity index (χ1v) is 2.66. The normalized spacial score (nSPS) is 17.4. The summed E-state index contributed by atoms with van der Waals surface area (Å²) in [7, 11) is 0. The molecule has 0 amide bonds. The molecule has 0 aromatic heterocycles. The van der Waals surface area contributed by atoms with Crippen LogP contribution in [0.2, 0.25) is 0 Å². The van der Waals surface area contributed by atoms with Crippen molar-refractivity contribution in [1.82, 2.24) is 0 Å². The molecule has 48 valence electrons. The van der Waals surface area contributed by atoms with Crippen LogP contribution in [0.5, 0.6) is 0 Å². The Hall–Kier alpha value is -0.340. The monoisotopic (exact) mass is 115 g/mol. The van der Waals surface area contributed by atoms with Crippen LogP contribution in [0.3, 0.4) is 0 Å². The van der Waals surface area contributed by atoms with Crippen LogP contribution in [0.4, 0.5) is 0 Å². The minimum atomic E-state index is -0.394. The van der Waals surface area contributed by atoms with E-state index in [1.165, 1.54) is 0 Å². The number of rotatable bonds is 3. The van der Waals surface area contributed by atoms with E-state index in [9.17, 15) is 0 Å². The fraction of sp³-hybridized carbons (Fsp3) is 0.667. The van der Waals surface area contributed by atoms with Gasteiger partial charge >= 0.3 is 0 Å². The van der Waals surface area contributed by atoms with Gasteiger partial charge < -0.3 is 10.8 Å².